The number of hydrogen-bond acceptors (Lipinski definition) is 1. The van der Waals surface area contributed by atoms with E-state index in [1.54, 1.807) is 0 Å². The van der Waals surface area contributed by atoms with Crippen molar-refractivity contribution in [1.29, 1.82) is 0 Å². The van der Waals surface area contributed by atoms with Crippen molar-refractivity contribution < 1.29 is 8.78 Å². The van der Waals surface area contributed by atoms with Gasteiger partial charge in [-0.05, 0) is 32.2 Å². The van der Waals surface area contributed by atoms with E-state index in [2.05, 4.69) is 13.8 Å². The van der Waals surface area contributed by atoms with Crippen LogP contribution >= 0.6 is 0 Å². The molecule has 0 saturated carbocycles. The van der Waals surface area contributed by atoms with Gasteiger partial charge < -0.3 is 0 Å². The van der Waals surface area contributed by atoms with E-state index in [9.17, 15) is 8.78 Å². The maximum Gasteiger partial charge on any atom is 0.253 e. The van der Waals surface area contributed by atoms with Crippen molar-refractivity contribution in [3.8, 4) is 0 Å². The molecule has 1 nitrogen and oxygen atoms in total. The first kappa shape index (κ1) is 10.9. The number of hydrogen-bond donors (Lipinski definition) is 0. The van der Waals surface area contributed by atoms with Crippen molar-refractivity contribution in [2.75, 3.05) is 6.54 Å². The van der Waals surface area contributed by atoms with Crippen LogP contribution in [0.25, 0.3) is 0 Å². The molecule has 0 N–H and O–H groups in total. The molecule has 0 aromatic carbocycles. The number of nitrogens with zero attached hydrogens (tertiary/aromatic N) is 1. The molecule has 0 aliphatic carbocycles. The Labute approximate surface area is 79.1 Å². The lowest BCUT2D eigenvalue weighted by Crippen LogP contribution is -2.43. The van der Waals surface area contributed by atoms with E-state index in [4.69, 9.17) is 0 Å². The number of halogens is 2. The van der Waals surface area contributed by atoms with Gasteiger partial charge in [0, 0.05) is 6.04 Å². The van der Waals surface area contributed by atoms with Gasteiger partial charge in [0.25, 0.3) is 6.43 Å². The van der Waals surface area contributed by atoms with Crippen LogP contribution in [0.1, 0.15) is 33.6 Å². The molecule has 78 valence electrons. The van der Waals surface area contributed by atoms with Crippen molar-refractivity contribution in [1.82, 2.24) is 4.90 Å². The Morgan fingerprint density at radius 3 is 2.31 bits per heavy atom. The van der Waals surface area contributed by atoms with Gasteiger partial charge in [-0.1, -0.05) is 13.8 Å². The largest absolute Gasteiger partial charge is 0.292 e. The maximum absolute atomic E-state index is 12.6. The maximum atomic E-state index is 12.6. The van der Waals surface area contributed by atoms with Gasteiger partial charge >= 0.3 is 0 Å². The first-order valence-corrected chi connectivity index (χ1v) is 5.08. The molecule has 3 heteroatoms. The molecule has 1 saturated heterocycles. The van der Waals surface area contributed by atoms with Crippen LogP contribution in [0.4, 0.5) is 8.78 Å². The molecule has 0 spiro atoms. The Morgan fingerprint density at radius 2 is 1.85 bits per heavy atom. The monoisotopic (exact) mass is 191 g/mol. The Balaban J connectivity index is 2.57. The molecule has 0 aromatic rings. The molecule has 13 heavy (non-hydrogen) atoms. The Hall–Kier alpha value is -0.180. The van der Waals surface area contributed by atoms with E-state index >= 15 is 0 Å². The molecular formula is C10H19F2N. The van der Waals surface area contributed by atoms with Crippen molar-refractivity contribution in [3.05, 3.63) is 0 Å². The van der Waals surface area contributed by atoms with Gasteiger partial charge in [-0.25, -0.2) is 8.78 Å². The van der Waals surface area contributed by atoms with Gasteiger partial charge in [0.2, 0.25) is 0 Å². The van der Waals surface area contributed by atoms with Crippen LogP contribution in [0.2, 0.25) is 0 Å². The second-order valence-corrected chi connectivity index (χ2v) is 4.27. The lowest BCUT2D eigenvalue weighted by Gasteiger charge is -2.32. The van der Waals surface area contributed by atoms with E-state index in [-0.39, 0.29) is 6.04 Å². The van der Waals surface area contributed by atoms with Crippen LogP contribution in [0.3, 0.4) is 0 Å². The normalized spacial score (nSPS) is 27.5. The van der Waals surface area contributed by atoms with E-state index in [1.165, 1.54) is 0 Å². The first-order valence-electron chi connectivity index (χ1n) is 5.08. The molecule has 1 fully saturated rings. The highest BCUT2D eigenvalue weighted by Gasteiger charge is 2.35. The average molecular weight is 191 g/mol. The third kappa shape index (κ3) is 2.39. The van der Waals surface area contributed by atoms with E-state index < -0.39 is 12.5 Å². The summed E-state index contributed by atoms with van der Waals surface area (Å²) in [7, 11) is 0. The van der Waals surface area contributed by atoms with E-state index in [0.29, 0.717) is 12.3 Å². The molecule has 0 amide bonds. The summed E-state index contributed by atoms with van der Waals surface area (Å²) >= 11 is 0. The van der Waals surface area contributed by atoms with Crippen molar-refractivity contribution in [2.24, 2.45) is 5.92 Å². The molecule has 1 aliphatic heterocycles. The minimum Gasteiger partial charge on any atom is -0.292 e. The SMILES string of the molecule is CC(C)[C@@H](C)N1CCCC1C(F)F. The fourth-order valence-corrected chi connectivity index (χ4v) is 1.97. The second-order valence-electron chi connectivity index (χ2n) is 4.27. The zero-order chi connectivity index (χ0) is 10.0. The quantitative estimate of drug-likeness (QED) is 0.663. The van der Waals surface area contributed by atoms with Crippen molar-refractivity contribution in [3.63, 3.8) is 0 Å². The highest BCUT2D eigenvalue weighted by molar-refractivity contribution is 4.85. The third-order valence-corrected chi connectivity index (χ3v) is 3.12. The summed E-state index contributed by atoms with van der Waals surface area (Å²) in [5, 5.41) is 0. The van der Waals surface area contributed by atoms with Crippen molar-refractivity contribution in [2.45, 2.75) is 52.1 Å². The fourth-order valence-electron chi connectivity index (χ4n) is 1.97. The molecular weight excluding hydrogens is 172 g/mol. The lowest BCUT2D eigenvalue weighted by atomic mass is 10.0. The summed E-state index contributed by atoms with van der Waals surface area (Å²) in [6, 6.07) is -0.209. The zero-order valence-electron chi connectivity index (χ0n) is 8.63. The minimum atomic E-state index is -2.18. The standard InChI is InChI=1S/C10H19F2N/c1-7(2)8(3)13-6-4-5-9(13)10(11)12/h7-10H,4-6H2,1-3H3/t8-,9?/m1/s1. The van der Waals surface area contributed by atoms with E-state index in [1.807, 2.05) is 11.8 Å². The predicted molar refractivity (Wildman–Crippen MR) is 50.0 cm³/mol. The summed E-state index contributed by atoms with van der Waals surface area (Å²) in [5.41, 5.74) is 0. The average Bonchev–Trinajstić information content (AvgIpc) is 2.50. The summed E-state index contributed by atoms with van der Waals surface area (Å²) in [6.07, 6.45) is -0.593. The summed E-state index contributed by atoms with van der Waals surface area (Å²) in [6.45, 7) is 7.07. The number of alkyl halides is 2. The van der Waals surface area contributed by atoms with Crippen LogP contribution in [0.5, 0.6) is 0 Å². The third-order valence-electron chi connectivity index (χ3n) is 3.12. The van der Waals surface area contributed by atoms with Crippen LogP contribution in [-0.2, 0) is 0 Å². The van der Waals surface area contributed by atoms with Gasteiger partial charge in [-0.2, -0.15) is 0 Å². The topological polar surface area (TPSA) is 3.24 Å². The van der Waals surface area contributed by atoms with Gasteiger partial charge in [-0.15, -0.1) is 0 Å². The Bertz CT molecular complexity index is 159. The summed E-state index contributed by atoms with van der Waals surface area (Å²) < 4.78 is 25.1. The number of likely N-dealkylation sites (tertiary alicyclic amines) is 1. The number of rotatable bonds is 3. The molecule has 1 rings (SSSR count). The highest BCUT2D eigenvalue weighted by Crippen LogP contribution is 2.27. The molecule has 0 bridgehead atoms. The second kappa shape index (κ2) is 4.36. The van der Waals surface area contributed by atoms with Crippen LogP contribution in [0.15, 0.2) is 0 Å². The smallest absolute Gasteiger partial charge is 0.253 e. The van der Waals surface area contributed by atoms with Gasteiger partial charge in [0.15, 0.2) is 0 Å². The van der Waals surface area contributed by atoms with Gasteiger partial charge in [0.1, 0.15) is 0 Å². The molecule has 1 unspecified atom stereocenters. The van der Waals surface area contributed by atoms with Crippen LogP contribution in [0, 0.1) is 5.92 Å². The van der Waals surface area contributed by atoms with Crippen molar-refractivity contribution >= 4 is 0 Å². The predicted octanol–water partition coefficient (Wildman–Crippen LogP) is 2.76. The Kier molecular flexibility index (Phi) is 3.65. The lowest BCUT2D eigenvalue weighted by molar-refractivity contribution is 0.0211. The minimum absolute atomic E-state index is 0.279. The van der Waals surface area contributed by atoms with E-state index in [0.717, 1.165) is 13.0 Å². The summed E-state index contributed by atoms with van der Waals surface area (Å²) in [4.78, 5) is 1.97. The summed E-state index contributed by atoms with van der Waals surface area (Å²) in [5.74, 6) is 0.458. The van der Waals surface area contributed by atoms with Crippen LogP contribution in [-0.4, -0.2) is 30.0 Å². The zero-order valence-corrected chi connectivity index (χ0v) is 8.63. The van der Waals surface area contributed by atoms with Gasteiger partial charge in [0.05, 0.1) is 6.04 Å². The highest BCUT2D eigenvalue weighted by atomic mass is 19.3. The van der Waals surface area contributed by atoms with Gasteiger partial charge in [-0.3, -0.25) is 4.90 Å². The first-order chi connectivity index (χ1) is 6.04. The Morgan fingerprint density at radius 1 is 1.23 bits per heavy atom. The molecule has 2 atom stereocenters. The molecule has 0 aromatic heterocycles. The molecule has 0 radical (unpaired) electrons. The fraction of sp³-hybridized carbons (Fsp3) is 1.00. The molecule has 1 aliphatic rings. The molecule has 1 heterocycles. The van der Waals surface area contributed by atoms with Crippen LogP contribution < -0.4 is 0 Å².